The van der Waals surface area contributed by atoms with Crippen molar-refractivity contribution >= 4 is 11.6 Å². The van der Waals surface area contributed by atoms with E-state index in [-0.39, 0.29) is 5.91 Å². The molecule has 0 bridgehead atoms. The molecule has 19 heavy (non-hydrogen) atoms. The Hall–Kier alpha value is -1.35. The van der Waals surface area contributed by atoms with Gasteiger partial charge >= 0.3 is 0 Å². The first kappa shape index (κ1) is 14.1. The zero-order valence-corrected chi connectivity index (χ0v) is 11.9. The standard InChI is InChI=1S/C16H24N2O/c1-12(2)14-8-3-4-9-15(14)18-16(19)11-13-7-5-6-10-17-13/h3-4,8-9,12-13,17H,5-7,10-11H2,1-2H3,(H,18,19). The van der Waals surface area contributed by atoms with E-state index >= 15 is 0 Å². The summed E-state index contributed by atoms with van der Waals surface area (Å²) in [6.45, 7) is 5.34. The molecular formula is C16H24N2O. The van der Waals surface area contributed by atoms with Crippen LogP contribution in [0.3, 0.4) is 0 Å². The molecule has 1 amide bonds. The molecule has 0 aromatic heterocycles. The van der Waals surface area contributed by atoms with Crippen LogP contribution >= 0.6 is 0 Å². The van der Waals surface area contributed by atoms with Gasteiger partial charge in [0, 0.05) is 18.2 Å². The van der Waals surface area contributed by atoms with Gasteiger partial charge < -0.3 is 10.6 Å². The van der Waals surface area contributed by atoms with Crippen LogP contribution < -0.4 is 10.6 Å². The Kier molecular flexibility index (Phi) is 4.97. The number of carbonyl (C=O) groups excluding carboxylic acids is 1. The van der Waals surface area contributed by atoms with E-state index in [0.29, 0.717) is 18.4 Å². The third kappa shape index (κ3) is 4.06. The van der Waals surface area contributed by atoms with Gasteiger partial charge in [0.25, 0.3) is 0 Å². The summed E-state index contributed by atoms with van der Waals surface area (Å²) in [6.07, 6.45) is 4.15. The number of amides is 1. The topological polar surface area (TPSA) is 41.1 Å². The predicted octanol–water partition coefficient (Wildman–Crippen LogP) is 3.28. The normalized spacial score (nSPS) is 19.4. The molecule has 1 fully saturated rings. The molecule has 1 aliphatic heterocycles. The smallest absolute Gasteiger partial charge is 0.225 e. The van der Waals surface area contributed by atoms with Crippen LogP contribution in [0.15, 0.2) is 24.3 Å². The second-order valence-electron chi connectivity index (χ2n) is 5.64. The van der Waals surface area contributed by atoms with Crippen LogP contribution in [-0.2, 0) is 4.79 Å². The summed E-state index contributed by atoms with van der Waals surface area (Å²) in [5.74, 6) is 0.539. The largest absolute Gasteiger partial charge is 0.326 e. The second-order valence-corrected chi connectivity index (χ2v) is 5.64. The van der Waals surface area contributed by atoms with Crippen LogP contribution in [0.1, 0.15) is 51.0 Å². The number of nitrogens with one attached hydrogen (secondary N) is 2. The molecule has 1 aromatic carbocycles. The van der Waals surface area contributed by atoms with Crippen LogP contribution in [0.2, 0.25) is 0 Å². The van der Waals surface area contributed by atoms with Gasteiger partial charge in [-0.25, -0.2) is 0 Å². The highest BCUT2D eigenvalue weighted by Crippen LogP contribution is 2.24. The van der Waals surface area contributed by atoms with Crippen molar-refractivity contribution in [1.29, 1.82) is 0 Å². The van der Waals surface area contributed by atoms with Crippen molar-refractivity contribution in [3.05, 3.63) is 29.8 Å². The highest BCUT2D eigenvalue weighted by atomic mass is 16.1. The van der Waals surface area contributed by atoms with Gasteiger partial charge in [-0.05, 0) is 36.9 Å². The third-order valence-electron chi connectivity index (χ3n) is 3.70. The molecule has 0 spiro atoms. The fourth-order valence-corrected chi connectivity index (χ4v) is 2.64. The summed E-state index contributed by atoms with van der Waals surface area (Å²) in [4.78, 5) is 12.1. The molecule has 0 aliphatic carbocycles. The Bertz CT molecular complexity index is 423. The van der Waals surface area contributed by atoms with Crippen molar-refractivity contribution in [3.63, 3.8) is 0 Å². The van der Waals surface area contributed by atoms with Crippen molar-refractivity contribution in [3.8, 4) is 0 Å². The summed E-state index contributed by atoms with van der Waals surface area (Å²) in [7, 11) is 0. The molecule has 1 heterocycles. The number of piperidine rings is 1. The lowest BCUT2D eigenvalue weighted by atomic mass is 10.00. The minimum Gasteiger partial charge on any atom is -0.326 e. The number of hydrogen-bond acceptors (Lipinski definition) is 2. The average Bonchev–Trinajstić information content (AvgIpc) is 2.40. The van der Waals surface area contributed by atoms with Crippen molar-refractivity contribution in [2.45, 2.75) is 51.5 Å². The molecule has 0 saturated carbocycles. The highest BCUT2D eigenvalue weighted by Gasteiger charge is 2.17. The summed E-state index contributed by atoms with van der Waals surface area (Å²) in [5, 5.41) is 6.47. The lowest BCUT2D eigenvalue weighted by Crippen LogP contribution is -2.37. The fraction of sp³-hybridized carbons (Fsp3) is 0.562. The molecule has 2 N–H and O–H groups in total. The first-order valence-electron chi connectivity index (χ1n) is 7.29. The first-order chi connectivity index (χ1) is 9.16. The Balaban J connectivity index is 1.94. The number of rotatable bonds is 4. The van der Waals surface area contributed by atoms with E-state index in [9.17, 15) is 4.79 Å². The van der Waals surface area contributed by atoms with Gasteiger partial charge in [0.2, 0.25) is 5.91 Å². The zero-order chi connectivity index (χ0) is 13.7. The van der Waals surface area contributed by atoms with E-state index in [4.69, 9.17) is 0 Å². The molecule has 2 rings (SSSR count). The number of para-hydroxylation sites is 1. The minimum absolute atomic E-state index is 0.118. The Morgan fingerprint density at radius 2 is 2.16 bits per heavy atom. The van der Waals surface area contributed by atoms with Crippen molar-refractivity contribution in [2.75, 3.05) is 11.9 Å². The maximum Gasteiger partial charge on any atom is 0.225 e. The van der Waals surface area contributed by atoms with E-state index in [1.54, 1.807) is 0 Å². The maximum absolute atomic E-state index is 12.1. The van der Waals surface area contributed by atoms with Crippen LogP contribution in [0.25, 0.3) is 0 Å². The SMILES string of the molecule is CC(C)c1ccccc1NC(=O)CC1CCCCN1. The van der Waals surface area contributed by atoms with E-state index in [0.717, 1.165) is 18.7 Å². The second kappa shape index (κ2) is 6.71. The van der Waals surface area contributed by atoms with Gasteiger partial charge in [0.05, 0.1) is 0 Å². The van der Waals surface area contributed by atoms with Gasteiger partial charge in [-0.15, -0.1) is 0 Å². The molecule has 3 nitrogen and oxygen atoms in total. The first-order valence-corrected chi connectivity index (χ1v) is 7.29. The molecular weight excluding hydrogens is 236 g/mol. The number of anilines is 1. The Morgan fingerprint density at radius 3 is 2.84 bits per heavy atom. The van der Waals surface area contributed by atoms with E-state index in [2.05, 4.69) is 30.5 Å². The number of hydrogen-bond donors (Lipinski definition) is 2. The lowest BCUT2D eigenvalue weighted by molar-refractivity contribution is -0.116. The fourth-order valence-electron chi connectivity index (χ4n) is 2.64. The molecule has 1 aliphatic rings. The lowest BCUT2D eigenvalue weighted by Gasteiger charge is -2.23. The van der Waals surface area contributed by atoms with Crippen LogP contribution in [0.5, 0.6) is 0 Å². The van der Waals surface area contributed by atoms with E-state index < -0.39 is 0 Å². The molecule has 1 saturated heterocycles. The zero-order valence-electron chi connectivity index (χ0n) is 11.9. The molecule has 104 valence electrons. The monoisotopic (exact) mass is 260 g/mol. The van der Waals surface area contributed by atoms with Crippen LogP contribution in [0, 0.1) is 0 Å². The summed E-state index contributed by atoms with van der Waals surface area (Å²) in [5.41, 5.74) is 2.16. The number of benzene rings is 1. The summed E-state index contributed by atoms with van der Waals surface area (Å²) in [6, 6.07) is 8.41. The quantitative estimate of drug-likeness (QED) is 0.872. The Labute approximate surface area is 115 Å². The molecule has 0 radical (unpaired) electrons. The van der Waals surface area contributed by atoms with Crippen LogP contribution in [0.4, 0.5) is 5.69 Å². The van der Waals surface area contributed by atoms with E-state index in [1.807, 2.05) is 18.2 Å². The maximum atomic E-state index is 12.1. The average molecular weight is 260 g/mol. The minimum atomic E-state index is 0.118. The summed E-state index contributed by atoms with van der Waals surface area (Å²) < 4.78 is 0. The number of carbonyl (C=O) groups is 1. The van der Waals surface area contributed by atoms with Gasteiger partial charge in [-0.3, -0.25) is 4.79 Å². The Morgan fingerprint density at radius 1 is 1.37 bits per heavy atom. The van der Waals surface area contributed by atoms with Crippen LogP contribution in [-0.4, -0.2) is 18.5 Å². The highest BCUT2D eigenvalue weighted by molar-refractivity contribution is 5.92. The molecule has 1 unspecified atom stereocenters. The molecule has 1 atom stereocenters. The third-order valence-corrected chi connectivity index (χ3v) is 3.70. The summed E-state index contributed by atoms with van der Waals surface area (Å²) >= 11 is 0. The van der Waals surface area contributed by atoms with Gasteiger partial charge in [0.15, 0.2) is 0 Å². The molecule has 3 heteroatoms. The van der Waals surface area contributed by atoms with Crippen molar-refractivity contribution < 1.29 is 4.79 Å². The van der Waals surface area contributed by atoms with Crippen molar-refractivity contribution in [1.82, 2.24) is 5.32 Å². The van der Waals surface area contributed by atoms with Gasteiger partial charge in [-0.2, -0.15) is 0 Å². The predicted molar refractivity (Wildman–Crippen MR) is 79.4 cm³/mol. The van der Waals surface area contributed by atoms with Crippen molar-refractivity contribution in [2.24, 2.45) is 0 Å². The van der Waals surface area contributed by atoms with Gasteiger partial charge in [0.1, 0.15) is 0 Å². The van der Waals surface area contributed by atoms with Gasteiger partial charge in [-0.1, -0.05) is 38.5 Å². The van der Waals surface area contributed by atoms with E-state index in [1.165, 1.54) is 18.4 Å². The molecule has 1 aromatic rings.